The van der Waals surface area contributed by atoms with E-state index >= 15 is 0 Å². The zero-order valence-corrected chi connectivity index (χ0v) is 14.2. The summed E-state index contributed by atoms with van der Waals surface area (Å²) in [5, 5.41) is 7.82. The van der Waals surface area contributed by atoms with Crippen molar-refractivity contribution in [2.24, 2.45) is 0 Å². The minimum atomic E-state index is 0.0230. The molecule has 0 aliphatic carbocycles. The van der Waals surface area contributed by atoms with Crippen molar-refractivity contribution < 1.29 is 0 Å². The molecule has 0 amide bonds. The highest BCUT2D eigenvalue weighted by atomic mass is 79.9. The van der Waals surface area contributed by atoms with Crippen molar-refractivity contribution >= 4 is 15.9 Å². The van der Waals surface area contributed by atoms with Gasteiger partial charge in [0.2, 0.25) is 0 Å². The maximum absolute atomic E-state index is 4.62. The Kier molecular flexibility index (Phi) is 4.60. The Balaban J connectivity index is 2.55. The summed E-state index contributed by atoms with van der Waals surface area (Å²) in [5.74, 6) is 0. The maximum atomic E-state index is 4.62. The van der Waals surface area contributed by atoms with Gasteiger partial charge in [-0.25, -0.2) is 0 Å². The van der Waals surface area contributed by atoms with E-state index in [2.05, 4.69) is 65.1 Å². The van der Waals surface area contributed by atoms with Gasteiger partial charge in [0.05, 0.1) is 28.1 Å². The van der Waals surface area contributed by atoms with Crippen LogP contribution in [-0.2, 0) is 0 Å². The Morgan fingerprint density at radius 2 is 1.95 bits per heavy atom. The summed E-state index contributed by atoms with van der Waals surface area (Å²) < 4.78 is 3.04. The molecule has 1 N–H and O–H groups in total. The molecule has 0 fully saturated rings. The van der Waals surface area contributed by atoms with Crippen molar-refractivity contribution in [3.63, 3.8) is 0 Å². The Labute approximate surface area is 128 Å². The van der Waals surface area contributed by atoms with E-state index in [1.165, 1.54) is 11.1 Å². The van der Waals surface area contributed by atoms with Gasteiger partial charge in [-0.1, -0.05) is 6.07 Å². The van der Waals surface area contributed by atoms with Gasteiger partial charge in [0.15, 0.2) is 0 Å². The summed E-state index contributed by atoms with van der Waals surface area (Å²) >= 11 is 3.61. The predicted octanol–water partition coefficient (Wildman–Crippen LogP) is 3.55. The van der Waals surface area contributed by atoms with Crippen molar-refractivity contribution in [3.8, 4) is 0 Å². The number of aromatic nitrogens is 3. The van der Waals surface area contributed by atoms with E-state index in [0.717, 1.165) is 15.9 Å². The SMILES string of the molecule is CNC(c1ncc(C)cc1C)c1c(Br)cnn1C(C)C. The summed E-state index contributed by atoms with van der Waals surface area (Å²) in [4.78, 5) is 4.62. The van der Waals surface area contributed by atoms with E-state index < -0.39 is 0 Å². The fraction of sp³-hybridized carbons (Fsp3) is 0.467. The Morgan fingerprint density at radius 3 is 2.50 bits per heavy atom. The highest BCUT2D eigenvalue weighted by Gasteiger charge is 2.24. The third kappa shape index (κ3) is 2.79. The number of hydrogen-bond donors (Lipinski definition) is 1. The minimum Gasteiger partial charge on any atom is -0.307 e. The third-order valence-corrected chi connectivity index (χ3v) is 3.98. The molecular formula is C15H21BrN4. The van der Waals surface area contributed by atoms with E-state index in [9.17, 15) is 0 Å². The molecule has 20 heavy (non-hydrogen) atoms. The van der Waals surface area contributed by atoms with Crippen molar-refractivity contribution in [1.29, 1.82) is 0 Å². The van der Waals surface area contributed by atoms with Crippen LogP contribution in [0.4, 0.5) is 0 Å². The van der Waals surface area contributed by atoms with Gasteiger partial charge in [-0.3, -0.25) is 9.67 Å². The maximum Gasteiger partial charge on any atom is 0.0933 e. The molecule has 0 saturated heterocycles. The predicted molar refractivity (Wildman–Crippen MR) is 84.9 cm³/mol. The van der Waals surface area contributed by atoms with Gasteiger partial charge in [0.1, 0.15) is 0 Å². The number of nitrogens with zero attached hydrogens (tertiary/aromatic N) is 3. The highest BCUT2D eigenvalue weighted by Crippen LogP contribution is 2.30. The number of nitrogens with one attached hydrogen (secondary N) is 1. The van der Waals surface area contributed by atoms with Crippen LogP contribution in [0.3, 0.4) is 0 Å². The second-order valence-corrected chi connectivity index (χ2v) is 6.21. The van der Waals surface area contributed by atoms with Crippen molar-refractivity contribution in [1.82, 2.24) is 20.1 Å². The monoisotopic (exact) mass is 336 g/mol. The van der Waals surface area contributed by atoms with Crippen LogP contribution in [0.25, 0.3) is 0 Å². The average Bonchev–Trinajstić information content (AvgIpc) is 2.75. The van der Waals surface area contributed by atoms with Crippen LogP contribution in [0.5, 0.6) is 0 Å². The Hall–Kier alpha value is -1.20. The molecule has 0 radical (unpaired) electrons. The van der Waals surface area contributed by atoms with Crippen LogP contribution in [0.1, 0.15) is 48.4 Å². The molecule has 0 bridgehead atoms. The van der Waals surface area contributed by atoms with Crippen LogP contribution < -0.4 is 5.32 Å². The van der Waals surface area contributed by atoms with Gasteiger partial charge in [-0.05, 0) is 61.8 Å². The zero-order chi connectivity index (χ0) is 14.9. The smallest absolute Gasteiger partial charge is 0.0933 e. The number of hydrogen-bond acceptors (Lipinski definition) is 3. The molecular weight excluding hydrogens is 316 g/mol. The van der Waals surface area contributed by atoms with Crippen LogP contribution in [0.2, 0.25) is 0 Å². The lowest BCUT2D eigenvalue weighted by molar-refractivity contribution is 0.479. The largest absolute Gasteiger partial charge is 0.307 e. The molecule has 2 aromatic heterocycles. The normalized spacial score (nSPS) is 12.9. The molecule has 2 aromatic rings. The number of aryl methyl sites for hydroxylation is 2. The lowest BCUT2D eigenvalue weighted by Gasteiger charge is -2.21. The molecule has 2 heterocycles. The first-order chi connectivity index (χ1) is 9.45. The molecule has 0 spiro atoms. The molecule has 1 unspecified atom stereocenters. The zero-order valence-electron chi connectivity index (χ0n) is 12.6. The van der Waals surface area contributed by atoms with Gasteiger partial charge >= 0.3 is 0 Å². The topological polar surface area (TPSA) is 42.7 Å². The van der Waals surface area contributed by atoms with Crippen LogP contribution in [-0.4, -0.2) is 21.8 Å². The summed E-state index contributed by atoms with van der Waals surface area (Å²) in [6.45, 7) is 8.42. The molecule has 0 aliphatic heterocycles. The van der Waals surface area contributed by atoms with Gasteiger partial charge in [-0.2, -0.15) is 5.10 Å². The fourth-order valence-electron chi connectivity index (χ4n) is 2.46. The van der Waals surface area contributed by atoms with Crippen molar-refractivity contribution in [2.75, 3.05) is 7.05 Å². The quantitative estimate of drug-likeness (QED) is 0.928. The van der Waals surface area contributed by atoms with Gasteiger partial charge < -0.3 is 5.32 Å². The molecule has 4 nitrogen and oxygen atoms in total. The molecule has 0 saturated carbocycles. The molecule has 108 valence electrons. The van der Waals surface area contributed by atoms with E-state index in [0.29, 0.717) is 6.04 Å². The molecule has 0 aromatic carbocycles. The summed E-state index contributed by atoms with van der Waals surface area (Å²) in [6.07, 6.45) is 3.76. The summed E-state index contributed by atoms with van der Waals surface area (Å²) in [5.41, 5.74) is 4.52. The standard InChI is InChI=1S/C15H21BrN4/c1-9(2)20-15(12(16)8-19-20)14(17-5)13-11(4)6-10(3)7-18-13/h6-9,14,17H,1-5H3. The fourth-order valence-corrected chi connectivity index (χ4v) is 2.97. The first-order valence-corrected chi connectivity index (χ1v) is 7.58. The lowest BCUT2D eigenvalue weighted by Crippen LogP contribution is -2.24. The van der Waals surface area contributed by atoms with E-state index in [1.807, 2.05) is 24.1 Å². The second kappa shape index (κ2) is 6.06. The van der Waals surface area contributed by atoms with Crippen LogP contribution in [0.15, 0.2) is 22.9 Å². The summed E-state index contributed by atoms with van der Waals surface area (Å²) in [7, 11) is 1.95. The summed E-state index contributed by atoms with van der Waals surface area (Å²) in [6, 6.07) is 2.49. The second-order valence-electron chi connectivity index (χ2n) is 5.35. The molecule has 0 aliphatic rings. The van der Waals surface area contributed by atoms with Gasteiger partial charge in [-0.15, -0.1) is 0 Å². The molecule has 5 heteroatoms. The third-order valence-electron chi connectivity index (χ3n) is 3.37. The van der Waals surface area contributed by atoms with Crippen LogP contribution in [0, 0.1) is 13.8 Å². The van der Waals surface area contributed by atoms with E-state index in [-0.39, 0.29) is 6.04 Å². The number of rotatable bonds is 4. The van der Waals surface area contributed by atoms with Gasteiger partial charge in [0.25, 0.3) is 0 Å². The van der Waals surface area contributed by atoms with E-state index in [1.54, 1.807) is 0 Å². The van der Waals surface area contributed by atoms with Crippen molar-refractivity contribution in [2.45, 2.75) is 39.8 Å². The lowest BCUT2D eigenvalue weighted by atomic mass is 10.0. The first kappa shape index (κ1) is 15.2. The van der Waals surface area contributed by atoms with Crippen molar-refractivity contribution in [3.05, 3.63) is 45.4 Å². The first-order valence-electron chi connectivity index (χ1n) is 6.79. The number of pyridine rings is 1. The average molecular weight is 337 g/mol. The van der Waals surface area contributed by atoms with E-state index in [4.69, 9.17) is 0 Å². The molecule has 2 rings (SSSR count). The molecule has 1 atom stereocenters. The van der Waals surface area contributed by atoms with Gasteiger partial charge in [0, 0.05) is 12.2 Å². The Morgan fingerprint density at radius 1 is 1.25 bits per heavy atom. The minimum absolute atomic E-state index is 0.0230. The van der Waals surface area contributed by atoms with Crippen LogP contribution >= 0.6 is 15.9 Å². The number of halogens is 1. The Bertz CT molecular complexity index is 604. The highest BCUT2D eigenvalue weighted by molar-refractivity contribution is 9.10.